The predicted octanol–water partition coefficient (Wildman–Crippen LogP) is 6.73. The Morgan fingerprint density at radius 1 is 0.727 bits per heavy atom. The number of unbranched alkanes of at least 4 members (excludes halogenated alkanes) is 13. The largest absolute Gasteiger partial charge is 0.356 e. The van der Waals surface area contributed by atoms with Crippen molar-refractivity contribution in [2.24, 2.45) is 0 Å². The van der Waals surface area contributed by atoms with Crippen LogP contribution in [-0.2, 0) is 4.52 Å². The van der Waals surface area contributed by atoms with E-state index in [4.69, 9.17) is 4.52 Å². The summed E-state index contributed by atoms with van der Waals surface area (Å²) in [5.41, 5.74) is 0. The van der Waals surface area contributed by atoms with E-state index in [0.29, 0.717) is 0 Å². The number of hydrogen-bond donors (Lipinski definition) is 1. The summed E-state index contributed by atoms with van der Waals surface area (Å²) in [6, 6.07) is 0. The monoisotopic (exact) mass is 331 g/mol. The summed E-state index contributed by atoms with van der Waals surface area (Å²) in [7, 11) is -1.90. The normalized spacial score (nSPS) is 21.5. The van der Waals surface area contributed by atoms with Crippen molar-refractivity contribution in [1.29, 1.82) is 0 Å². The van der Waals surface area contributed by atoms with Crippen LogP contribution < -0.4 is 0 Å². The zero-order valence-electron chi connectivity index (χ0n) is 15.0. The van der Waals surface area contributed by atoms with Crippen LogP contribution in [0.5, 0.6) is 0 Å². The van der Waals surface area contributed by atoms with E-state index in [1.165, 1.54) is 89.9 Å². The minimum absolute atomic E-state index is 0.795. The summed E-state index contributed by atoms with van der Waals surface area (Å²) in [6.45, 7) is 3.08. The quantitative estimate of drug-likeness (QED) is 0.266. The average molecular weight is 332 g/mol. The topological polar surface area (TPSA) is 29.5 Å². The van der Waals surface area contributed by atoms with Gasteiger partial charge < -0.3 is 9.42 Å². The zero-order chi connectivity index (χ0) is 15.9. The van der Waals surface area contributed by atoms with Crippen molar-refractivity contribution in [3.05, 3.63) is 0 Å². The standard InChI is InChI=1S/C19H40O2P/c1-2-3-4-5-6-7-8-9-10-11-12-13-14-15-18-22(20)19-16-17-21-22/h20H,2-19H2,1H3. The second-order valence-electron chi connectivity index (χ2n) is 7.08. The van der Waals surface area contributed by atoms with Crippen LogP contribution in [0.1, 0.15) is 103 Å². The Bertz CT molecular complexity index is 240. The Hall–Kier alpha value is 0.350. The second kappa shape index (κ2) is 13.8. The molecule has 1 radical (unpaired) electrons. The number of rotatable bonds is 15. The van der Waals surface area contributed by atoms with Gasteiger partial charge in [-0.25, -0.2) is 0 Å². The van der Waals surface area contributed by atoms with Crippen molar-refractivity contribution in [2.45, 2.75) is 103 Å². The van der Waals surface area contributed by atoms with Crippen molar-refractivity contribution < 1.29 is 9.42 Å². The number of hydrogen-bond acceptors (Lipinski definition) is 2. The summed E-state index contributed by atoms with van der Waals surface area (Å²) in [6.07, 6.45) is 22.4. The molecule has 1 saturated heterocycles. The third-order valence-corrected chi connectivity index (χ3v) is 7.54. The van der Waals surface area contributed by atoms with Gasteiger partial charge in [0.1, 0.15) is 0 Å². The summed E-state index contributed by atoms with van der Waals surface area (Å²) < 4.78 is 5.52. The Morgan fingerprint density at radius 2 is 1.18 bits per heavy atom. The maximum Gasteiger partial charge on any atom is 0.0989 e. The first-order valence-corrected chi connectivity index (χ1v) is 12.0. The van der Waals surface area contributed by atoms with E-state index < -0.39 is 7.72 Å². The van der Waals surface area contributed by atoms with Gasteiger partial charge in [-0.1, -0.05) is 90.4 Å². The maximum absolute atomic E-state index is 10.2. The van der Waals surface area contributed by atoms with E-state index in [-0.39, 0.29) is 0 Å². The van der Waals surface area contributed by atoms with Gasteiger partial charge in [0.15, 0.2) is 0 Å². The van der Waals surface area contributed by atoms with Crippen LogP contribution >= 0.6 is 7.72 Å². The molecule has 0 aromatic carbocycles. The molecule has 1 aliphatic heterocycles. The second-order valence-corrected chi connectivity index (χ2v) is 9.92. The Kier molecular flexibility index (Phi) is 12.8. The Labute approximate surface area is 139 Å². The molecule has 1 N–H and O–H groups in total. The van der Waals surface area contributed by atoms with Gasteiger partial charge in [-0.3, -0.25) is 0 Å². The molecule has 1 atom stereocenters. The lowest BCUT2D eigenvalue weighted by molar-refractivity contribution is 0.328. The molecule has 1 rings (SSSR count). The molecular formula is C19H40O2P. The SMILES string of the molecule is CCCCCCCCCCCCCCCC[P]1(O)CCCO1. The molecule has 133 valence electrons. The molecule has 0 aliphatic carbocycles. The molecule has 0 spiro atoms. The van der Waals surface area contributed by atoms with Crippen LogP contribution in [0.15, 0.2) is 0 Å². The molecule has 22 heavy (non-hydrogen) atoms. The van der Waals surface area contributed by atoms with Crippen LogP contribution in [-0.4, -0.2) is 23.8 Å². The lowest BCUT2D eigenvalue weighted by Gasteiger charge is -2.22. The first-order chi connectivity index (χ1) is 10.8. The summed E-state index contributed by atoms with van der Waals surface area (Å²) >= 11 is 0. The van der Waals surface area contributed by atoms with Crippen molar-refractivity contribution >= 4 is 7.72 Å². The lowest BCUT2D eigenvalue weighted by atomic mass is 10.0. The first kappa shape index (κ1) is 20.4. The molecule has 1 aliphatic rings. The van der Waals surface area contributed by atoms with Gasteiger partial charge in [0.2, 0.25) is 0 Å². The molecule has 2 nitrogen and oxygen atoms in total. The average Bonchev–Trinajstić information content (AvgIpc) is 2.94. The molecule has 0 aromatic heterocycles. The van der Waals surface area contributed by atoms with Crippen LogP contribution in [0.2, 0.25) is 0 Å². The van der Waals surface area contributed by atoms with Crippen LogP contribution in [0.25, 0.3) is 0 Å². The first-order valence-electron chi connectivity index (χ1n) is 10.0. The fourth-order valence-electron chi connectivity index (χ4n) is 3.34. The van der Waals surface area contributed by atoms with Gasteiger partial charge >= 0.3 is 0 Å². The Morgan fingerprint density at radius 3 is 1.59 bits per heavy atom. The molecule has 1 fully saturated rings. The lowest BCUT2D eigenvalue weighted by Crippen LogP contribution is -1.98. The van der Waals surface area contributed by atoms with Crippen molar-refractivity contribution in [3.63, 3.8) is 0 Å². The van der Waals surface area contributed by atoms with E-state index in [1.807, 2.05) is 0 Å². The van der Waals surface area contributed by atoms with Crippen LogP contribution in [0.4, 0.5) is 0 Å². The highest BCUT2D eigenvalue weighted by molar-refractivity contribution is 7.65. The smallest absolute Gasteiger partial charge is 0.0989 e. The highest BCUT2D eigenvalue weighted by Crippen LogP contribution is 2.60. The maximum atomic E-state index is 10.2. The van der Waals surface area contributed by atoms with Gasteiger partial charge in [-0.05, 0) is 12.8 Å². The predicted molar refractivity (Wildman–Crippen MR) is 99.8 cm³/mol. The molecular weight excluding hydrogens is 291 g/mol. The zero-order valence-corrected chi connectivity index (χ0v) is 15.9. The minimum atomic E-state index is -1.90. The highest BCUT2D eigenvalue weighted by atomic mass is 31.2. The van der Waals surface area contributed by atoms with E-state index >= 15 is 0 Å². The fraction of sp³-hybridized carbons (Fsp3) is 1.00. The molecule has 0 aromatic rings. The third-order valence-electron chi connectivity index (χ3n) is 4.84. The van der Waals surface area contributed by atoms with Crippen molar-refractivity contribution in [1.82, 2.24) is 0 Å². The molecule has 1 heterocycles. The van der Waals surface area contributed by atoms with Gasteiger partial charge in [-0.2, -0.15) is 0 Å². The van der Waals surface area contributed by atoms with Crippen molar-refractivity contribution in [2.75, 3.05) is 18.9 Å². The molecule has 1 unspecified atom stereocenters. The van der Waals surface area contributed by atoms with Gasteiger partial charge in [-0.15, -0.1) is 0 Å². The molecule has 0 bridgehead atoms. The molecule has 0 amide bonds. The molecule has 0 saturated carbocycles. The van der Waals surface area contributed by atoms with Crippen molar-refractivity contribution in [3.8, 4) is 0 Å². The highest BCUT2D eigenvalue weighted by Gasteiger charge is 2.29. The summed E-state index contributed by atoms with van der Waals surface area (Å²) in [4.78, 5) is 10.2. The van der Waals surface area contributed by atoms with E-state index in [2.05, 4.69) is 6.92 Å². The van der Waals surface area contributed by atoms with Crippen LogP contribution in [0, 0.1) is 0 Å². The summed E-state index contributed by atoms with van der Waals surface area (Å²) in [5, 5.41) is 0. The third kappa shape index (κ3) is 11.0. The van der Waals surface area contributed by atoms with Gasteiger partial charge in [0, 0.05) is 12.3 Å². The Balaban J connectivity index is 1.71. The summed E-state index contributed by atoms with van der Waals surface area (Å²) in [5.74, 6) is 0. The fourth-order valence-corrected chi connectivity index (χ4v) is 5.63. The van der Waals surface area contributed by atoms with Crippen LogP contribution in [0.3, 0.4) is 0 Å². The van der Waals surface area contributed by atoms with E-state index in [1.54, 1.807) is 0 Å². The van der Waals surface area contributed by atoms with Gasteiger partial charge in [0.25, 0.3) is 0 Å². The van der Waals surface area contributed by atoms with Gasteiger partial charge in [0.05, 0.1) is 14.3 Å². The van der Waals surface area contributed by atoms with E-state index in [0.717, 1.165) is 25.4 Å². The van der Waals surface area contributed by atoms with E-state index in [9.17, 15) is 4.89 Å². The minimum Gasteiger partial charge on any atom is -0.356 e. The molecule has 3 heteroatoms.